The Bertz CT molecular complexity index is 994. The average Bonchev–Trinajstić information content (AvgIpc) is 3.16. The zero-order chi connectivity index (χ0) is 20.4. The van der Waals surface area contributed by atoms with Crippen LogP contribution in [0.1, 0.15) is 15.4 Å². The minimum absolute atomic E-state index is 0.0340. The molecule has 3 aromatic rings. The standard InChI is InChI=1S/C21H18Cl3N3OS/c22-16-3-1-14(2-4-16)19-13-29-20(25-19)12-26-5-7-27(8-6-26)21(28)15-9-17(23)11-18(24)10-15/h1-4,9-11,13H,5-8,12H2. The lowest BCUT2D eigenvalue weighted by Gasteiger charge is -2.34. The lowest BCUT2D eigenvalue weighted by atomic mass is 10.2. The van der Waals surface area contributed by atoms with Crippen molar-refractivity contribution in [3.63, 3.8) is 0 Å². The minimum Gasteiger partial charge on any atom is -0.336 e. The van der Waals surface area contributed by atoms with Crippen LogP contribution in [0.15, 0.2) is 47.8 Å². The second-order valence-corrected chi connectivity index (χ2v) is 9.11. The molecule has 1 aromatic heterocycles. The number of halogens is 3. The Morgan fingerprint density at radius 2 is 1.59 bits per heavy atom. The van der Waals surface area contributed by atoms with Gasteiger partial charge < -0.3 is 4.90 Å². The molecule has 0 N–H and O–H groups in total. The number of piperazine rings is 1. The number of carbonyl (C=O) groups excluding carboxylic acids is 1. The van der Waals surface area contributed by atoms with E-state index in [2.05, 4.69) is 10.3 Å². The molecule has 0 saturated carbocycles. The van der Waals surface area contributed by atoms with Gasteiger partial charge in [0.05, 0.1) is 12.2 Å². The molecule has 150 valence electrons. The van der Waals surface area contributed by atoms with E-state index in [9.17, 15) is 4.79 Å². The van der Waals surface area contributed by atoms with Crippen molar-refractivity contribution in [1.82, 2.24) is 14.8 Å². The zero-order valence-electron chi connectivity index (χ0n) is 15.4. The summed E-state index contributed by atoms with van der Waals surface area (Å²) in [5.74, 6) is -0.0340. The van der Waals surface area contributed by atoms with Crippen molar-refractivity contribution in [3.05, 3.63) is 73.5 Å². The summed E-state index contributed by atoms with van der Waals surface area (Å²) in [6.45, 7) is 3.71. The van der Waals surface area contributed by atoms with Gasteiger partial charge in [-0.15, -0.1) is 11.3 Å². The first-order valence-corrected chi connectivity index (χ1v) is 11.2. The molecule has 2 aromatic carbocycles. The summed E-state index contributed by atoms with van der Waals surface area (Å²) >= 11 is 19.7. The Balaban J connectivity index is 1.34. The molecular weight excluding hydrogens is 449 g/mol. The Kier molecular flexibility index (Phi) is 6.42. The third kappa shape index (κ3) is 5.11. The average molecular weight is 467 g/mol. The van der Waals surface area contributed by atoms with Crippen LogP contribution < -0.4 is 0 Å². The van der Waals surface area contributed by atoms with E-state index >= 15 is 0 Å². The molecule has 1 fully saturated rings. The molecule has 0 atom stereocenters. The highest BCUT2D eigenvalue weighted by atomic mass is 35.5. The topological polar surface area (TPSA) is 36.4 Å². The van der Waals surface area contributed by atoms with E-state index in [0.717, 1.165) is 40.9 Å². The molecule has 0 spiro atoms. The van der Waals surface area contributed by atoms with E-state index in [0.29, 0.717) is 28.7 Å². The predicted octanol–water partition coefficient (Wildman–Crippen LogP) is 5.73. The van der Waals surface area contributed by atoms with Crippen LogP contribution in [0.2, 0.25) is 15.1 Å². The molecular formula is C21H18Cl3N3OS. The fourth-order valence-corrected chi connectivity index (χ4v) is 4.79. The molecule has 4 nitrogen and oxygen atoms in total. The molecule has 29 heavy (non-hydrogen) atoms. The summed E-state index contributed by atoms with van der Waals surface area (Å²) in [6, 6.07) is 12.7. The van der Waals surface area contributed by atoms with E-state index in [-0.39, 0.29) is 5.91 Å². The molecule has 0 unspecified atom stereocenters. The van der Waals surface area contributed by atoms with Crippen molar-refractivity contribution in [2.75, 3.05) is 26.2 Å². The fraction of sp³-hybridized carbons (Fsp3) is 0.238. The highest BCUT2D eigenvalue weighted by molar-refractivity contribution is 7.09. The monoisotopic (exact) mass is 465 g/mol. The molecule has 8 heteroatoms. The van der Waals surface area contributed by atoms with E-state index in [4.69, 9.17) is 39.8 Å². The molecule has 0 radical (unpaired) electrons. The Morgan fingerprint density at radius 1 is 0.931 bits per heavy atom. The number of hydrogen-bond donors (Lipinski definition) is 0. The third-order valence-electron chi connectivity index (χ3n) is 4.82. The van der Waals surface area contributed by atoms with Gasteiger partial charge in [0.1, 0.15) is 5.01 Å². The van der Waals surface area contributed by atoms with Crippen molar-refractivity contribution in [2.45, 2.75) is 6.54 Å². The largest absolute Gasteiger partial charge is 0.336 e. The maximum Gasteiger partial charge on any atom is 0.254 e. The highest BCUT2D eigenvalue weighted by Gasteiger charge is 2.23. The predicted molar refractivity (Wildman–Crippen MR) is 120 cm³/mol. The Morgan fingerprint density at radius 3 is 2.24 bits per heavy atom. The van der Waals surface area contributed by atoms with Crippen molar-refractivity contribution in [3.8, 4) is 11.3 Å². The zero-order valence-corrected chi connectivity index (χ0v) is 18.5. The molecule has 0 aliphatic carbocycles. The smallest absolute Gasteiger partial charge is 0.254 e. The Labute approximate surface area is 188 Å². The van der Waals surface area contributed by atoms with Crippen LogP contribution in [0, 0.1) is 0 Å². The summed E-state index contributed by atoms with van der Waals surface area (Å²) < 4.78 is 0. The first-order chi connectivity index (χ1) is 14.0. The van der Waals surface area contributed by atoms with Gasteiger partial charge >= 0.3 is 0 Å². The van der Waals surface area contributed by atoms with Gasteiger partial charge in [-0.05, 0) is 30.3 Å². The van der Waals surface area contributed by atoms with Gasteiger partial charge in [-0.25, -0.2) is 4.98 Å². The number of nitrogens with zero attached hydrogens (tertiary/aromatic N) is 3. The van der Waals surface area contributed by atoms with Crippen LogP contribution in [-0.4, -0.2) is 46.9 Å². The summed E-state index contributed by atoms with van der Waals surface area (Å²) in [4.78, 5) is 21.6. The molecule has 1 amide bonds. The van der Waals surface area contributed by atoms with Crippen molar-refractivity contribution < 1.29 is 4.79 Å². The van der Waals surface area contributed by atoms with Gasteiger partial charge in [-0.1, -0.05) is 46.9 Å². The van der Waals surface area contributed by atoms with Crippen molar-refractivity contribution >= 4 is 52.0 Å². The lowest BCUT2D eigenvalue weighted by molar-refractivity contribution is 0.0628. The number of carbonyl (C=O) groups is 1. The van der Waals surface area contributed by atoms with Crippen LogP contribution >= 0.6 is 46.1 Å². The van der Waals surface area contributed by atoms with Crippen molar-refractivity contribution in [2.24, 2.45) is 0 Å². The van der Waals surface area contributed by atoms with Crippen LogP contribution in [0.3, 0.4) is 0 Å². The number of rotatable bonds is 4. The second-order valence-electron chi connectivity index (χ2n) is 6.86. The molecule has 1 aliphatic rings. The van der Waals surface area contributed by atoms with Gasteiger partial charge in [-0.3, -0.25) is 9.69 Å². The highest BCUT2D eigenvalue weighted by Crippen LogP contribution is 2.25. The number of benzene rings is 2. The van der Waals surface area contributed by atoms with E-state index in [1.165, 1.54) is 0 Å². The number of hydrogen-bond acceptors (Lipinski definition) is 4. The third-order valence-corrected chi connectivity index (χ3v) is 6.34. The summed E-state index contributed by atoms with van der Waals surface area (Å²) in [5, 5.41) is 4.80. The van der Waals surface area contributed by atoms with Crippen LogP contribution in [0.25, 0.3) is 11.3 Å². The van der Waals surface area contributed by atoms with Gasteiger partial charge in [-0.2, -0.15) is 0 Å². The van der Waals surface area contributed by atoms with Gasteiger partial charge in [0.25, 0.3) is 5.91 Å². The maximum absolute atomic E-state index is 12.7. The molecule has 1 aliphatic heterocycles. The fourth-order valence-electron chi connectivity index (χ4n) is 3.30. The van der Waals surface area contributed by atoms with Crippen LogP contribution in [0.5, 0.6) is 0 Å². The molecule has 4 rings (SSSR count). The van der Waals surface area contributed by atoms with Gasteiger partial charge in [0.15, 0.2) is 0 Å². The minimum atomic E-state index is -0.0340. The normalized spacial score (nSPS) is 14.9. The summed E-state index contributed by atoms with van der Waals surface area (Å²) in [6.07, 6.45) is 0. The summed E-state index contributed by atoms with van der Waals surface area (Å²) in [7, 11) is 0. The van der Waals surface area contributed by atoms with E-state index in [1.54, 1.807) is 29.5 Å². The maximum atomic E-state index is 12.7. The second kappa shape index (κ2) is 9.02. The van der Waals surface area contributed by atoms with Crippen LogP contribution in [-0.2, 0) is 6.54 Å². The molecule has 2 heterocycles. The lowest BCUT2D eigenvalue weighted by Crippen LogP contribution is -2.48. The quantitative estimate of drug-likeness (QED) is 0.493. The van der Waals surface area contributed by atoms with E-state index < -0.39 is 0 Å². The molecule has 1 saturated heterocycles. The number of amides is 1. The van der Waals surface area contributed by atoms with Crippen molar-refractivity contribution in [1.29, 1.82) is 0 Å². The van der Waals surface area contributed by atoms with Gasteiger partial charge in [0, 0.05) is 57.8 Å². The Hall–Kier alpha value is -1.63. The number of aromatic nitrogens is 1. The van der Waals surface area contributed by atoms with Crippen LogP contribution in [0.4, 0.5) is 0 Å². The summed E-state index contributed by atoms with van der Waals surface area (Å²) in [5.41, 5.74) is 2.56. The first kappa shape index (κ1) is 20.6. The van der Waals surface area contributed by atoms with E-state index in [1.807, 2.05) is 29.2 Å². The SMILES string of the molecule is O=C(c1cc(Cl)cc(Cl)c1)N1CCN(Cc2nc(-c3ccc(Cl)cc3)cs2)CC1. The van der Waals surface area contributed by atoms with Gasteiger partial charge in [0.2, 0.25) is 0 Å². The molecule has 0 bridgehead atoms. The first-order valence-electron chi connectivity index (χ1n) is 9.16. The number of thiazole rings is 1.